The van der Waals surface area contributed by atoms with Crippen LogP contribution in [0.5, 0.6) is 0 Å². The van der Waals surface area contributed by atoms with Crippen molar-refractivity contribution in [3.05, 3.63) is 0 Å². The Hall–Kier alpha value is -0.0800. The first-order valence-corrected chi connectivity index (χ1v) is 5.94. The van der Waals surface area contributed by atoms with Crippen molar-refractivity contribution >= 4 is 0 Å². The van der Waals surface area contributed by atoms with Crippen LogP contribution in [0.1, 0.15) is 47.0 Å². The molecule has 84 valence electrons. The third kappa shape index (κ3) is 1.96. The molecule has 0 aromatic rings. The van der Waals surface area contributed by atoms with E-state index in [9.17, 15) is 0 Å². The summed E-state index contributed by atoms with van der Waals surface area (Å²) in [6.45, 7) is 9.72. The smallest absolute Gasteiger partial charge is 0.0661 e. The van der Waals surface area contributed by atoms with Crippen LogP contribution >= 0.6 is 0 Å². The standard InChI is InChI=1S/C12H25NO/c1-5-12(6-2)10(13)7-11(12)14-8-9(3)4/h9-11H,5-8,13H2,1-4H3. The minimum absolute atomic E-state index is 0.273. The minimum Gasteiger partial charge on any atom is -0.377 e. The number of hydrogen-bond acceptors (Lipinski definition) is 2. The zero-order chi connectivity index (χ0) is 10.8. The highest BCUT2D eigenvalue weighted by atomic mass is 16.5. The van der Waals surface area contributed by atoms with Gasteiger partial charge in [-0.3, -0.25) is 0 Å². The Balaban J connectivity index is 2.47. The first kappa shape index (κ1) is 12.0. The second-order valence-corrected chi connectivity index (χ2v) is 5.00. The second kappa shape index (κ2) is 4.63. The summed E-state index contributed by atoms with van der Waals surface area (Å²) in [7, 11) is 0. The van der Waals surface area contributed by atoms with Crippen molar-refractivity contribution in [2.45, 2.75) is 59.1 Å². The van der Waals surface area contributed by atoms with E-state index in [1.807, 2.05) is 0 Å². The summed E-state index contributed by atoms with van der Waals surface area (Å²) in [4.78, 5) is 0. The minimum atomic E-state index is 0.273. The fraction of sp³-hybridized carbons (Fsp3) is 1.00. The summed E-state index contributed by atoms with van der Waals surface area (Å²) in [5, 5.41) is 0. The predicted molar refractivity (Wildman–Crippen MR) is 60.2 cm³/mol. The van der Waals surface area contributed by atoms with Gasteiger partial charge in [0.2, 0.25) is 0 Å². The first-order chi connectivity index (χ1) is 6.56. The van der Waals surface area contributed by atoms with Crippen LogP contribution in [0.25, 0.3) is 0 Å². The van der Waals surface area contributed by atoms with E-state index < -0.39 is 0 Å². The molecule has 1 fully saturated rings. The van der Waals surface area contributed by atoms with Crippen LogP contribution in [-0.2, 0) is 4.74 Å². The molecule has 2 heteroatoms. The molecule has 0 heterocycles. The highest BCUT2D eigenvalue weighted by Crippen LogP contribution is 2.47. The summed E-state index contributed by atoms with van der Waals surface area (Å²) in [6.07, 6.45) is 3.75. The van der Waals surface area contributed by atoms with Crippen molar-refractivity contribution in [1.82, 2.24) is 0 Å². The second-order valence-electron chi connectivity index (χ2n) is 5.00. The molecule has 0 aromatic carbocycles. The third-order valence-corrected chi connectivity index (χ3v) is 3.79. The highest BCUT2D eigenvalue weighted by Gasteiger charge is 2.51. The topological polar surface area (TPSA) is 35.2 Å². The zero-order valence-corrected chi connectivity index (χ0v) is 10.0. The summed E-state index contributed by atoms with van der Waals surface area (Å²) >= 11 is 0. The normalized spacial score (nSPS) is 30.4. The zero-order valence-electron chi connectivity index (χ0n) is 10.0. The Morgan fingerprint density at radius 3 is 2.29 bits per heavy atom. The van der Waals surface area contributed by atoms with Gasteiger partial charge in [0.1, 0.15) is 0 Å². The molecule has 1 aliphatic carbocycles. The van der Waals surface area contributed by atoms with Crippen molar-refractivity contribution in [1.29, 1.82) is 0 Å². The lowest BCUT2D eigenvalue weighted by atomic mass is 9.59. The molecule has 1 rings (SSSR count). The largest absolute Gasteiger partial charge is 0.377 e. The van der Waals surface area contributed by atoms with Gasteiger partial charge in [-0.05, 0) is 25.2 Å². The van der Waals surface area contributed by atoms with E-state index in [2.05, 4.69) is 27.7 Å². The van der Waals surface area contributed by atoms with Crippen LogP contribution in [0.2, 0.25) is 0 Å². The van der Waals surface area contributed by atoms with Gasteiger partial charge < -0.3 is 10.5 Å². The van der Waals surface area contributed by atoms with Crippen molar-refractivity contribution in [3.8, 4) is 0 Å². The van der Waals surface area contributed by atoms with Crippen LogP contribution in [-0.4, -0.2) is 18.8 Å². The number of rotatable bonds is 5. The Morgan fingerprint density at radius 2 is 1.93 bits per heavy atom. The monoisotopic (exact) mass is 199 g/mol. The lowest BCUT2D eigenvalue weighted by molar-refractivity contribution is -0.136. The van der Waals surface area contributed by atoms with Gasteiger partial charge >= 0.3 is 0 Å². The Morgan fingerprint density at radius 1 is 1.36 bits per heavy atom. The van der Waals surface area contributed by atoms with Gasteiger partial charge in [-0.2, -0.15) is 0 Å². The van der Waals surface area contributed by atoms with Crippen LogP contribution in [0.4, 0.5) is 0 Å². The molecule has 0 saturated heterocycles. The van der Waals surface area contributed by atoms with E-state index in [0.29, 0.717) is 18.1 Å². The molecule has 0 amide bonds. The highest BCUT2D eigenvalue weighted by molar-refractivity contribution is 5.05. The van der Waals surface area contributed by atoms with Gasteiger partial charge in [0.05, 0.1) is 6.10 Å². The van der Waals surface area contributed by atoms with Crippen molar-refractivity contribution in [3.63, 3.8) is 0 Å². The molecule has 0 spiro atoms. The first-order valence-electron chi connectivity index (χ1n) is 5.94. The fourth-order valence-corrected chi connectivity index (χ4v) is 2.55. The average Bonchev–Trinajstić information content (AvgIpc) is 2.14. The molecule has 0 radical (unpaired) electrons. The molecular weight excluding hydrogens is 174 g/mol. The van der Waals surface area contributed by atoms with Crippen LogP contribution in [0.3, 0.4) is 0 Å². The summed E-state index contributed by atoms with van der Waals surface area (Å²) in [5.74, 6) is 0.623. The summed E-state index contributed by atoms with van der Waals surface area (Å²) in [6, 6.07) is 0.356. The predicted octanol–water partition coefficient (Wildman–Crippen LogP) is 2.57. The SMILES string of the molecule is CCC1(CC)C(N)CC1OCC(C)C. The molecule has 2 unspecified atom stereocenters. The van der Waals surface area contributed by atoms with Crippen LogP contribution in [0, 0.1) is 11.3 Å². The molecule has 2 nitrogen and oxygen atoms in total. The van der Waals surface area contributed by atoms with Gasteiger partial charge in [-0.1, -0.05) is 27.7 Å². The van der Waals surface area contributed by atoms with Gasteiger partial charge in [-0.15, -0.1) is 0 Å². The molecule has 0 aliphatic heterocycles. The van der Waals surface area contributed by atoms with E-state index in [1.54, 1.807) is 0 Å². The Kier molecular flexibility index (Phi) is 3.96. The Bertz CT molecular complexity index is 175. The van der Waals surface area contributed by atoms with E-state index >= 15 is 0 Å². The van der Waals surface area contributed by atoms with E-state index in [-0.39, 0.29) is 5.41 Å². The molecule has 14 heavy (non-hydrogen) atoms. The molecule has 0 aromatic heterocycles. The number of ether oxygens (including phenoxy) is 1. The van der Waals surface area contributed by atoms with E-state index in [1.165, 1.54) is 0 Å². The van der Waals surface area contributed by atoms with Crippen LogP contribution < -0.4 is 5.73 Å². The number of nitrogens with two attached hydrogens (primary N) is 1. The maximum Gasteiger partial charge on any atom is 0.0661 e. The van der Waals surface area contributed by atoms with Crippen molar-refractivity contribution < 1.29 is 4.74 Å². The van der Waals surface area contributed by atoms with Crippen LogP contribution in [0.15, 0.2) is 0 Å². The number of hydrogen-bond donors (Lipinski definition) is 1. The van der Waals surface area contributed by atoms with Crippen molar-refractivity contribution in [2.75, 3.05) is 6.61 Å². The maximum atomic E-state index is 6.10. The molecule has 2 atom stereocenters. The molecule has 1 saturated carbocycles. The van der Waals surface area contributed by atoms with E-state index in [4.69, 9.17) is 10.5 Å². The Labute approximate surface area is 88.2 Å². The van der Waals surface area contributed by atoms with Gasteiger partial charge in [-0.25, -0.2) is 0 Å². The summed E-state index contributed by atoms with van der Waals surface area (Å²) < 4.78 is 5.93. The summed E-state index contributed by atoms with van der Waals surface area (Å²) in [5.41, 5.74) is 6.37. The quantitative estimate of drug-likeness (QED) is 0.738. The molecule has 0 bridgehead atoms. The van der Waals surface area contributed by atoms with Crippen molar-refractivity contribution in [2.24, 2.45) is 17.1 Å². The van der Waals surface area contributed by atoms with Gasteiger partial charge in [0.25, 0.3) is 0 Å². The van der Waals surface area contributed by atoms with E-state index in [0.717, 1.165) is 25.9 Å². The van der Waals surface area contributed by atoms with Gasteiger partial charge in [0, 0.05) is 18.1 Å². The lowest BCUT2D eigenvalue weighted by Crippen LogP contribution is -2.61. The molecular formula is C12H25NO. The third-order valence-electron chi connectivity index (χ3n) is 3.79. The maximum absolute atomic E-state index is 6.10. The molecule has 2 N–H and O–H groups in total. The average molecular weight is 199 g/mol. The van der Waals surface area contributed by atoms with Gasteiger partial charge in [0.15, 0.2) is 0 Å². The fourth-order valence-electron chi connectivity index (χ4n) is 2.55. The molecule has 1 aliphatic rings. The lowest BCUT2D eigenvalue weighted by Gasteiger charge is -2.54.